The summed E-state index contributed by atoms with van der Waals surface area (Å²) in [6.07, 6.45) is 0.0380. The molecule has 0 unspecified atom stereocenters. The monoisotopic (exact) mass is 347 g/mol. The maximum absolute atomic E-state index is 12.2. The molecule has 0 N–H and O–H groups in total. The van der Waals surface area contributed by atoms with Gasteiger partial charge in [-0.25, -0.2) is 9.97 Å². The van der Waals surface area contributed by atoms with Crippen molar-refractivity contribution in [2.45, 2.75) is 13.3 Å². The standard InChI is InChI=1S/C17H12F3N3O2/c1-11-15(6-3-7-21-11)12-9-22-16(23-10-12)24-13-4-2-5-14(8-13)25-17(18,19)20/h2-10H,1H3. The molecule has 0 fully saturated rings. The quantitative estimate of drug-likeness (QED) is 0.694. The first-order valence-electron chi connectivity index (χ1n) is 7.18. The van der Waals surface area contributed by atoms with Crippen LogP contribution in [0.15, 0.2) is 55.0 Å². The van der Waals surface area contributed by atoms with E-state index in [-0.39, 0.29) is 17.5 Å². The number of nitrogens with zero attached hydrogens (tertiary/aromatic N) is 3. The number of alkyl halides is 3. The molecule has 2 aromatic heterocycles. The van der Waals surface area contributed by atoms with E-state index in [1.807, 2.05) is 13.0 Å². The summed E-state index contributed by atoms with van der Waals surface area (Å²) in [7, 11) is 0. The Bertz CT molecular complexity index is 868. The predicted octanol–water partition coefficient (Wildman–Crippen LogP) is 4.54. The van der Waals surface area contributed by atoms with Gasteiger partial charge >= 0.3 is 12.4 Å². The zero-order chi connectivity index (χ0) is 17.9. The van der Waals surface area contributed by atoms with Gasteiger partial charge in [0.05, 0.1) is 0 Å². The molecule has 8 heteroatoms. The highest BCUT2D eigenvalue weighted by molar-refractivity contribution is 5.63. The summed E-state index contributed by atoms with van der Waals surface area (Å²) in [4.78, 5) is 12.3. The largest absolute Gasteiger partial charge is 0.573 e. The van der Waals surface area contributed by atoms with Crippen molar-refractivity contribution in [2.75, 3.05) is 0 Å². The number of rotatable bonds is 4. The maximum atomic E-state index is 12.2. The van der Waals surface area contributed by atoms with Crippen LogP contribution in [-0.4, -0.2) is 21.3 Å². The minimum Gasteiger partial charge on any atom is -0.424 e. The summed E-state index contributed by atoms with van der Waals surface area (Å²) in [6, 6.07) is 8.84. The first-order chi connectivity index (χ1) is 11.9. The lowest BCUT2D eigenvalue weighted by atomic mass is 10.1. The zero-order valence-electron chi connectivity index (χ0n) is 13.0. The van der Waals surface area contributed by atoms with Gasteiger partial charge in [-0.15, -0.1) is 13.2 Å². The van der Waals surface area contributed by atoms with E-state index >= 15 is 0 Å². The van der Waals surface area contributed by atoms with Gasteiger partial charge in [0.2, 0.25) is 0 Å². The Morgan fingerprint density at radius 3 is 2.32 bits per heavy atom. The van der Waals surface area contributed by atoms with Gasteiger partial charge < -0.3 is 9.47 Å². The molecule has 128 valence electrons. The average molecular weight is 347 g/mol. The first-order valence-corrected chi connectivity index (χ1v) is 7.18. The molecule has 0 saturated heterocycles. The van der Waals surface area contributed by atoms with Crippen LogP contribution in [-0.2, 0) is 0 Å². The van der Waals surface area contributed by atoms with Crippen molar-refractivity contribution in [3.63, 3.8) is 0 Å². The summed E-state index contributed by atoms with van der Waals surface area (Å²) in [6.45, 7) is 1.87. The van der Waals surface area contributed by atoms with E-state index < -0.39 is 6.36 Å². The van der Waals surface area contributed by atoms with Crippen LogP contribution in [0.4, 0.5) is 13.2 Å². The number of aryl methyl sites for hydroxylation is 1. The molecule has 0 atom stereocenters. The van der Waals surface area contributed by atoms with E-state index in [0.29, 0.717) is 0 Å². The fourth-order valence-electron chi connectivity index (χ4n) is 2.14. The lowest BCUT2D eigenvalue weighted by Gasteiger charge is -2.10. The third-order valence-electron chi connectivity index (χ3n) is 3.19. The molecule has 0 bridgehead atoms. The van der Waals surface area contributed by atoms with Crippen LogP contribution in [0.1, 0.15) is 5.69 Å². The smallest absolute Gasteiger partial charge is 0.424 e. The Kier molecular flexibility index (Phi) is 4.51. The third-order valence-corrected chi connectivity index (χ3v) is 3.19. The van der Waals surface area contributed by atoms with Crippen molar-refractivity contribution >= 4 is 0 Å². The second-order valence-corrected chi connectivity index (χ2v) is 5.02. The van der Waals surface area contributed by atoms with Crippen molar-refractivity contribution in [3.8, 4) is 28.6 Å². The fourth-order valence-corrected chi connectivity index (χ4v) is 2.14. The molecule has 2 heterocycles. The molecule has 3 aromatic rings. The average Bonchev–Trinajstić information content (AvgIpc) is 2.55. The van der Waals surface area contributed by atoms with Crippen LogP contribution in [0.25, 0.3) is 11.1 Å². The van der Waals surface area contributed by atoms with Gasteiger partial charge in [0.15, 0.2) is 0 Å². The number of hydrogen-bond acceptors (Lipinski definition) is 5. The van der Waals surface area contributed by atoms with Crippen molar-refractivity contribution < 1.29 is 22.6 Å². The number of pyridine rings is 1. The molecule has 3 rings (SSSR count). The molecule has 0 amide bonds. The summed E-state index contributed by atoms with van der Waals surface area (Å²) < 4.78 is 45.9. The van der Waals surface area contributed by atoms with Crippen molar-refractivity contribution in [1.82, 2.24) is 15.0 Å². The van der Waals surface area contributed by atoms with Crippen molar-refractivity contribution in [3.05, 3.63) is 60.7 Å². The Morgan fingerprint density at radius 1 is 0.920 bits per heavy atom. The molecule has 0 aliphatic heterocycles. The zero-order valence-corrected chi connectivity index (χ0v) is 13.0. The van der Waals surface area contributed by atoms with Crippen molar-refractivity contribution in [2.24, 2.45) is 0 Å². The number of ether oxygens (including phenoxy) is 2. The Labute approximate surface area is 141 Å². The number of hydrogen-bond donors (Lipinski definition) is 0. The van der Waals surface area contributed by atoms with Gasteiger partial charge in [0.25, 0.3) is 0 Å². The summed E-state index contributed by atoms with van der Waals surface area (Å²) in [5.74, 6) is -0.250. The minimum atomic E-state index is -4.77. The normalized spacial score (nSPS) is 11.2. The van der Waals surface area contributed by atoms with Gasteiger partial charge in [-0.2, -0.15) is 0 Å². The number of halogens is 3. The molecule has 5 nitrogen and oxygen atoms in total. The lowest BCUT2D eigenvalue weighted by molar-refractivity contribution is -0.274. The summed E-state index contributed by atoms with van der Waals surface area (Å²) in [5.41, 5.74) is 2.47. The van der Waals surface area contributed by atoms with Crippen LogP contribution < -0.4 is 9.47 Å². The van der Waals surface area contributed by atoms with E-state index in [2.05, 4.69) is 19.7 Å². The Balaban J connectivity index is 1.76. The molecule has 0 aliphatic rings. The van der Waals surface area contributed by atoms with Gasteiger partial charge in [0.1, 0.15) is 11.5 Å². The Hall–Kier alpha value is -3.16. The summed E-state index contributed by atoms with van der Waals surface area (Å²) >= 11 is 0. The molecule has 0 spiro atoms. The van der Waals surface area contributed by atoms with E-state index in [1.54, 1.807) is 24.7 Å². The van der Waals surface area contributed by atoms with Crippen LogP contribution in [0.3, 0.4) is 0 Å². The van der Waals surface area contributed by atoms with E-state index in [1.165, 1.54) is 18.2 Å². The third kappa shape index (κ3) is 4.43. The maximum Gasteiger partial charge on any atom is 0.573 e. The molecular weight excluding hydrogens is 335 g/mol. The van der Waals surface area contributed by atoms with Crippen LogP contribution in [0, 0.1) is 6.92 Å². The van der Waals surface area contributed by atoms with E-state index in [9.17, 15) is 13.2 Å². The lowest BCUT2D eigenvalue weighted by Crippen LogP contribution is -2.17. The number of aromatic nitrogens is 3. The molecule has 0 saturated carbocycles. The fraction of sp³-hybridized carbons (Fsp3) is 0.118. The van der Waals surface area contributed by atoms with Gasteiger partial charge in [-0.3, -0.25) is 4.98 Å². The van der Waals surface area contributed by atoms with Gasteiger partial charge in [0, 0.05) is 41.5 Å². The topological polar surface area (TPSA) is 57.1 Å². The highest BCUT2D eigenvalue weighted by Crippen LogP contribution is 2.28. The van der Waals surface area contributed by atoms with Gasteiger partial charge in [-0.05, 0) is 25.1 Å². The van der Waals surface area contributed by atoms with Crippen molar-refractivity contribution in [1.29, 1.82) is 0 Å². The highest BCUT2D eigenvalue weighted by Gasteiger charge is 2.31. The van der Waals surface area contributed by atoms with Crippen LogP contribution in [0.5, 0.6) is 17.5 Å². The first kappa shape index (κ1) is 16.7. The van der Waals surface area contributed by atoms with E-state index in [0.717, 1.165) is 22.9 Å². The number of benzene rings is 1. The SMILES string of the molecule is Cc1ncccc1-c1cnc(Oc2cccc(OC(F)(F)F)c2)nc1. The van der Waals surface area contributed by atoms with Gasteiger partial charge in [-0.1, -0.05) is 12.1 Å². The minimum absolute atomic E-state index is 0.00875. The molecule has 0 radical (unpaired) electrons. The van der Waals surface area contributed by atoms with Crippen LogP contribution in [0.2, 0.25) is 0 Å². The molecular formula is C17H12F3N3O2. The summed E-state index contributed by atoms with van der Waals surface area (Å²) in [5, 5.41) is 0. The van der Waals surface area contributed by atoms with Crippen LogP contribution >= 0.6 is 0 Å². The highest BCUT2D eigenvalue weighted by atomic mass is 19.4. The van der Waals surface area contributed by atoms with E-state index in [4.69, 9.17) is 4.74 Å². The molecule has 25 heavy (non-hydrogen) atoms. The second-order valence-electron chi connectivity index (χ2n) is 5.02. The molecule has 0 aliphatic carbocycles. The Morgan fingerprint density at radius 2 is 1.64 bits per heavy atom. The second kappa shape index (κ2) is 6.76. The predicted molar refractivity (Wildman–Crippen MR) is 83.2 cm³/mol. The molecule has 1 aromatic carbocycles.